The number of carbonyl (C=O) groups is 1. The van der Waals surface area contributed by atoms with Crippen LogP contribution in [0.3, 0.4) is 0 Å². The first-order valence-corrected chi connectivity index (χ1v) is 6.61. The fourth-order valence-electron chi connectivity index (χ4n) is 2.25. The van der Waals surface area contributed by atoms with E-state index in [2.05, 4.69) is 10.6 Å². The average molecular weight is 286 g/mol. The smallest absolute Gasteiger partial charge is 0.352 e. The first kappa shape index (κ1) is 14.8. The molecule has 0 aliphatic carbocycles. The number of alkyl halides is 3. The van der Waals surface area contributed by atoms with Crippen molar-refractivity contribution in [3.63, 3.8) is 0 Å². The van der Waals surface area contributed by atoms with Gasteiger partial charge in [-0.2, -0.15) is 13.2 Å². The van der Waals surface area contributed by atoms with Crippen LogP contribution < -0.4 is 10.6 Å². The van der Waals surface area contributed by atoms with Gasteiger partial charge in [-0.25, -0.2) is 0 Å². The lowest BCUT2D eigenvalue weighted by atomic mass is 10.1. The fourth-order valence-corrected chi connectivity index (χ4v) is 2.25. The first-order valence-electron chi connectivity index (χ1n) is 6.61. The lowest BCUT2D eigenvalue weighted by Crippen LogP contribution is -2.46. The van der Waals surface area contributed by atoms with Crippen molar-refractivity contribution in [2.45, 2.75) is 31.5 Å². The van der Waals surface area contributed by atoms with Crippen molar-refractivity contribution in [3.8, 4) is 0 Å². The van der Waals surface area contributed by atoms with E-state index < -0.39 is 11.7 Å². The van der Waals surface area contributed by atoms with Crippen LogP contribution >= 0.6 is 0 Å². The van der Waals surface area contributed by atoms with E-state index in [1.807, 2.05) is 0 Å². The highest BCUT2D eigenvalue weighted by Gasteiger charge is 2.30. The predicted molar refractivity (Wildman–Crippen MR) is 69.2 cm³/mol. The molecule has 1 unspecified atom stereocenters. The molecule has 0 saturated carbocycles. The van der Waals surface area contributed by atoms with Crippen LogP contribution in [0.5, 0.6) is 0 Å². The van der Waals surface area contributed by atoms with Gasteiger partial charge >= 0.3 is 6.18 Å². The summed E-state index contributed by atoms with van der Waals surface area (Å²) < 4.78 is 37.2. The number of rotatable bonds is 3. The highest BCUT2D eigenvalue weighted by Crippen LogP contribution is 2.29. The molecule has 20 heavy (non-hydrogen) atoms. The molecule has 3 nitrogen and oxygen atoms in total. The summed E-state index contributed by atoms with van der Waals surface area (Å²) in [4.78, 5) is 11.8. The molecule has 1 atom stereocenters. The zero-order valence-corrected chi connectivity index (χ0v) is 11.0. The number of hydrogen-bond donors (Lipinski definition) is 2. The van der Waals surface area contributed by atoms with Gasteiger partial charge in [0.2, 0.25) is 5.91 Å². The average Bonchev–Trinajstić information content (AvgIpc) is 2.39. The van der Waals surface area contributed by atoms with Gasteiger partial charge in [0.05, 0.1) is 12.0 Å². The van der Waals surface area contributed by atoms with E-state index in [-0.39, 0.29) is 18.4 Å². The maximum absolute atomic E-state index is 12.4. The molecule has 1 aliphatic heterocycles. The van der Waals surface area contributed by atoms with Crippen LogP contribution in [-0.4, -0.2) is 25.0 Å². The standard InChI is InChI=1S/C14H17F3N2O/c15-14(16,17)11-5-3-10(4-6-11)8-13(20)19-12-2-1-7-18-9-12/h3-6,12,18H,1-2,7-9H2,(H,19,20). The van der Waals surface area contributed by atoms with E-state index in [4.69, 9.17) is 0 Å². The van der Waals surface area contributed by atoms with Crippen molar-refractivity contribution in [2.75, 3.05) is 13.1 Å². The van der Waals surface area contributed by atoms with Gasteiger partial charge in [-0.3, -0.25) is 4.79 Å². The van der Waals surface area contributed by atoms with Crippen LogP contribution in [0.2, 0.25) is 0 Å². The molecular weight excluding hydrogens is 269 g/mol. The Balaban J connectivity index is 1.87. The minimum Gasteiger partial charge on any atom is -0.352 e. The Bertz CT molecular complexity index is 450. The normalized spacial score (nSPS) is 19.6. The lowest BCUT2D eigenvalue weighted by Gasteiger charge is -2.23. The second kappa shape index (κ2) is 6.26. The minimum absolute atomic E-state index is 0.106. The molecule has 1 aromatic rings. The quantitative estimate of drug-likeness (QED) is 0.893. The molecule has 1 amide bonds. The Hall–Kier alpha value is -1.56. The summed E-state index contributed by atoms with van der Waals surface area (Å²) in [5.41, 5.74) is -0.114. The molecule has 1 aliphatic rings. The molecule has 2 N–H and O–H groups in total. The highest BCUT2D eigenvalue weighted by atomic mass is 19.4. The van der Waals surface area contributed by atoms with Crippen molar-refractivity contribution in [1.82, 2.24) is 10.6 Å². The molecule has 1 aromatic carbocycles. The molecule has 1 saturated heterocycles. The fraction of sp³-hybridized carbons (Fsp3) is 0.500. The zero-order chi connectivity index (χ0) is 14.6. The van der Waals surface area contributed by atoms with E-state index in [0.29, 0.717) is 5.56 Å². The molecule has 110 valence electrons. The van der Waals surface area contributed by atoms with Gasteiger partial charge in [0.25, 0.3) is 0 Å². The number of amides is 1. The molecule has 1 fully saturated rings. The molecule has 0 aromatic heterocycles. The third-order valence-electron chi connectivity index (χ3n) is 3.31. The second-order valence-electron chi connectivity index (χ2n) is 4.98. The Morgan fingerprint density at radius 1 is 1.30 bits per heavy atom. The van der Waals surface area contributed by atoms with Gasteiger partial charge in [0.1, 0.15) is 0 Å². The Kier molecular flexibility index (Phi) is 4.65. The van der Waals surface area contributed by atoms with E-state index >= 15 is 0 Å². The molecule has 0 radical (unpaired) electrons. The third-order valence-corrected chi connectivity index (χ3v) is 3.31. The van der Waals surface area contributed by atoms with Gasteiger partial charge in [-0.1, -0.05) is 12.1 Å². The molecule has 0 bridgehead atoms. The Morgan fingerprint density at radius 2 is 2.00 bits per heavy atom. The second-order valence-corrected chi connectivity index (χ2v) is 4.98. The van der Waals surface area contributed by atoms with Crippen LogP contribution in [0.1, 0.15) is 24.0 Å². The maximum atomic E-state index is 12.4. The number of halogens is 3. The van der Waals surface area contributed by atoms with Crippen LogP contribution in [0.25, 0.3) is 0 Å². The summed E-state index contributed by atoms with van der Waals surface area (Å²) in [6.45, 7) is 1.71. The summed E-state index contributed by atoms with van der Waals surface area (Å²) in [5.74, 6) is -0.154. The summed E-state index contributed by atoms with van der Waals surface area (Å²) in [6.07, 6.45) is -2.28. The minimum atomic E-state index is -4.34. The SMILES string of the molecule is O=C(Cc1ccc(C(F)(F)F)cc1)NC1CCCNC1. The van der Waals surface area contributed by atoms with Gasteiger partial charge in [0, 0.05) is 12.6 Å². The van der Waals surface area contributed by atoms with Gasteiger partial charge in [0.15, 0.2) is 0 Å². The van der Waals surface area contributed by atoms with Gasteiger partial charge in [-0.05, 0) is 37.1 Å². The van der Waals surface area contributed by atoms with E-state index in [1.165, 1.54) is 12.1 Å². The largest absolute Gasteiger partial charge is 0.416 e. The van der Waals surface area contributed by atoms with Crippen LogP contribution in [0.4, 0.5) is 13.2 Å². The van der Waals surface area contributed by atoms with Crippen LogP contribution in [-0.2, 0) is 17.4 Å². The topological polar surface area (TPSA) is 41.1 Å². The molecule has 6 heteroatoms. The number of piperidine rings is 1. The van der Waals surface area contributed by atoms with Crippen molar-refractivity contribution in [1.29, 1.82) is 0 Å². The third kappa shape index (κ3) is 4.23. The van der Waals surface area contributed by atoms with Crippen molar-refractivity contribution in [3.05, 3.63) is 35.4 Å². The first-order chi connectivity index (χ1) is 9.45. The number of benzene rings is 1. The van der Waals surface area contributed by atoms with Crippen LogP contribution in [0, 0.1) is 0 Å². The Labute approximate surface area is 115 Å². The summed E-state index contributed by atoms with van der Waals surface area (Å²) in [5, 5.41) is 6.08. The van der Waals surface area contributed by atoms with Gasteiger partial charge in [-0.15, -0.1) is 0 Å². The summed E-state index contributed by atoms with van der Waals surface area (Å²) >= 11 is 0. The van der Waals surface area contributed by atoms with E-state index in [9.17, 15) is 18.0 Å². The van der Waals surface area contributed by atoms with Crippen molar-refractivity contribution >= 4 is 5.91 Å². The summed E-state index contributed by atoms with van der Waals surface area (Å²) in [6, 6.07) is 4.82. The number of carbonyl (C=O) groups excluding carboxylic acids is 1. The van der Waals surface area contributed by atoms with Crippen molar-refractivity contribution < 1.29 is 18.0 Å². The lowest BCUT2D eigenvalue weighted by molar-refractivity contribution is -0.137. The molecule has 1 heterocycles. The van der Waals surface area contributed by atoms with E-state index in [1.54, 1.807) is 0 Å². The van der Waals surface area contributed by atoms with Crippen LogP contribution in [0.15, 0.2) is 24.3 Å². The number of hydrogen-bond acceptors (Lipinski definition) is 2. The van der Waals surface area contributed by atoms with E-state index in [0.717, 1.165) is 38.1 Å². The Morgan fingerprint density at radius 3 is 2.55 bits per heavy atom. The predicted octanol–water partition coefficient (Wildman–Crippen LogP) is 2.12. The monoisotopic (exact) mass is 286 g/mol. The highest BCUT2D eigenvalue weighted by molar-refractivity contribution is 5.78. The number of nitrogens with one attached hydrogen (secondary N) is 2. The molecule has 0 spiro atoms. The maximum Gasteiger partial charge on any atom is 0.416 e. The van der Waals surface area contributed by atoms with Crippen molar-refractivity contribution in [2.24, 2.45) is 0 Å². The zero-order valence-electron chi connectivity index (χ0n) is 11.0. The molecule has 2 rings (SSSR count). The molecular formula is C14H17F3N2O. The summed E-state index contributed by atoms with van der Waals surface area (Å²) in [7, 11) is 0. The van der Waals surface area contributed by atoms with Gasteiger partial charge < -0.3 is 10.6 Å².